The number of aryl methyl sites for hydroxylation is 1. The summed E-state index contributed by atoms with van der Waals surface area (Å²) >= 11 is 1.84. The molecule has 1 fully saturated rings. The number of thiophene rings is 1. The normalized spacial score (nSPS) is 24.9. The van der Waals surface area contributed by atoms with Crippen molar-refractivity contribution in [1.82, 2.24) is 0 Å². The van der Waals surface area contributed by atoms with E-state index in [1.165, 1.54) is 15.9 Å². The molecule has 2 heterocycles. The molecule has 4 heteroatoms. The van der Waals surface area contributed by atoms with Crippen LogP contribution >= 0.6 is 11.3 Å². The molecule has 0 N–H and O–H groups in total. The Morgan fingerprint density at radius 2 is 1.83 bits per heavy atom. The highest BCUT2D eigenvalue weighted by Gasteiger charge is 2.52. The lowest BCUT2D eigenvalue weighted by molar-refractivity contribution is 0.00578. The molecule has 96 valence electrons. The van der Waals surface area contributed by atoms with E-state index < -0.39 is 0 Å². The summed E-state index contributed by atoms with van der Waals surface area (Å²) in [6.45, 7) is 8.41. The first-order valence-electron chi connectivity index (χ1n) is 6.53. The van der Waals surface area contributed by atoms with Gasteiger partial charge in [0.2, 0.25) is 0 Å². The molecule has 2 aliphatic rings. The Labute approximate surface area is 113 Å². The van der Waals surface area contributed by atoms with Gasteiger partial charge in [0, 0.05) is 4.88 Å². The maximum Gasteiger partial charge on any atom is 0.495 e. The van der Waals surface area contributed by atoms with Crippen molar-refractivity contribution >= 4 is 23.9 Å². The van der Waals surface area contributed by atoms with E-state index in [-0.39, 0.29) is 18.3 Å². The Morgan fingerprint density at radius 1 is 1.17 bits per heavy atom. The topological polar surface area (TPSA) is 18.5 Å². The van der Waals surface area contributed by atoms with Gasteiger partial charge in [-0.15, -0.1) is 11.3 Å². The van der Waals surface area contributed by atoms with E-state index in [0.29, 0.717) is 0 Å². The molecule has 0 spiro atoms. The highest BCUT2D eigenvalue weighted by molar-refractivity contribution is 7.10. The van der Waals surface area contributed by atoms with Crippen molar-refractivity contribution in [3.63, 3.8) is 0 Å². The van der Waals surface area contributed by atoms with Gasteiger partial charge in [-0.2, -0.15) is 0 Å². The lowest BCUT2D eigenvalue weighted by Crippen LogP contribution is -2.41. The molecule has 3 rings (SSSR count). The Hall–Kier alpha value is -0.575. The molecule has 0 saturated carbocycles. The fraction of sp³-hybridized carbons (Fsp3) is 0.571. The molecule has 0 radical (unpaired) electrons. The van der Waals surface area contributed by atoms with Gasteiger partial charge in [-0.1, -0.05) is 6.08 Å². The van der Waals surface area contributed by atoms with Gasteiger partial charge >= 0.3 is 7.12 Å². The molecular formula is C14H19BO2S. The Kier molecular flexibility index (Phi) is 2.74. The summed E-state index contributed by atoms with van der Waals surface area (Å²) in [6, 6.07) is 2.19. The zero-order chi connectivity index (χ0) is 13.0. The van der Waals surface area contributed by atoms with Gasteiger partial charge in [-0.05, 0) is 63.0 Å². The number of fused-ring (bicyclic) bond motifs is 1. The van der Waals surface area contributed by atoms with Crippen LogP contribution in [0.5, 0.6) is 0 Å². The van der Waals surface area contributed by atoms with E-state index in [0.717, 1.165) is 12.8 Å². The summed E-state index contributed by atoms with van der Waals surface area (Å²) in [6.07, 6.45) is 4.51. The molecular weight excluding hydrogens is 243 g/mol. The Bertz CT molecular complexity index is 486. The Morgan fingerprint density at radius 3 is 2.50 bits per heavy atom. The molecule has 0 bridgehead atoms. The molecule has 1 aliphatic heterocycles. The maximum atomic E-state index is 6.14. The second-order valence-corrected chi connectivity index (χ2v) is 7.04. The third-order valence-electron chi connectivity index (χ3n) is 4.30. The maximum absolute atomic E-state index is 6.14. The van der Waals surface area contributed by atoms with E-state index >= 15 is 0 Å². The van der Waals surface area contributed by atoms with Crippen LogP contribution in [0.4, 0.5) is 0 Å². The van der Waals surface area contributed by atoms with Crippen molar-refractivity contribution in [3.05, 3.63) is 28.0 Å². The van der Waals surface area contributed by atoms with E-state index in [4.69, 9.17) is 9.31 Å². The smallest absolute Gasteiger partial charge is 0.399 e. The van der Waals surface area contributed by atoms with Gasteiger partial charge in [-0.25, -0.2) is 0 Å². The third kappa shape index (κ3) is 1.78. The van der Waals surface area contributed by atoms with E-state index in [2.05, 4.69) is 45.2 Å². The summed E-state index contributed by atoms with van der Waals surface area (Å²) in [4.78, 5) is 1.46. The van der Waals surface area contributed by atoms with Gasteiger partial charge < -0.3 is 9.31 Å². The van der Waals surface area contributed by atoms with Crippen molar-refractivity contribution in [1.29, 1.82) is 0 Å². The van der Waals surface area contributed by atoms with E-state index in [9.17, 15) is 0 Å². The standard InChI is InChI=1S/C14H19BO2S/c1-13(2)14(3,4)17-15(16-13)11-6-5-7-12-10(11)8-9-18-12/h6,8-9H,5,7H2,1-4H3. The van der Waals surface area contributed by atoms with Crippen LogP contribution in [0.15, 0.2) is 17.5 Å². The predicted molar refractivity (Wildman–Crippen MR) is 76.7 cm³/mol. The van der Waals surface area contributed by atoms with E-state index in [1.54, 1.807) is 0 Å². The molecule has 0 aromatic carbocycles. The minimum atomic E-state index is -0.258. The summed E-state index contributed by atoms with van der Waals surface area (Å²) in [5, 5.41) is 2.16. The fourth-order valence-electron chi connectivity index (χ4n) is 2.45. The average Bonchev–Trinajstić information content (AvgIpc) is 2.81. The number of hydrogen-bond donors (Lipinski definition) is 0. The zero-order valence-electron chi connectivity index (χ0n) is 11.4. The average molecular weight is 262 g/mol. The van der Waals surface area contributed by atoms with Crippen LogP contribution in [-0.2, 0) is 15.7 Å². The molecule has 1 aromatic rings. The molecule has 2 nitrogen and oxygen atoms in total. The highest BCUT2D eigenvalue weighted by Crippen LogP contribution is 2.42. The summed E-state index contributed by atoms with van der Waals surface area (Å²) < 4.78 is 12.3. The summed E-state index contributed by atoms with van der Waals surface area (Å²) in [5.74, 6) is 0. The van der Waals surface area contributed by atoms with Gasteiger partial charge in [0.05, 0.1) is 11.2 Å². The third-order valence-corrected chi connectivity index (χ3v) is 5.28. The van der Waals surface area contributed by atoms with E-state index in [1.807, 2.05) is 11.3 Å². The first kappa shape index (κ1) is 12.5. The second kappa shape index (κ2) is 3.96. The summed E-state index contributed by atoms with van der Waals surface area (Å²) in [5.41, 5.74) is 2.03. The predicted octanol–water partition coefficient (Wildman–Crippen LogP) is 3.71. The van der Waals surface area contributed by atoms with Crippen LogP contribution in [-0.4, -0.2) is 18.3 Å². The van der Waals surface area contributed by atoms with Gasteiger partial charge in [-0.3, -0.25) is 0 Å². The van der Waals surface area contributed by atoms with Crippen LogP contribution in [0.3, 0.4) is 0 Å². The van der Waals surface area contributed by atoms with Crippen molar-refractivity contribution in [2.24, 2.45) is 0 Å². The molecule has 1 aliphatic carbocycles. The SMILES string of the molecule is CC1(C)OB(C2=CCCc3sccc32)OC1(C)C. The summed E-state index contributed by atoms with van der Waals surface area (Å²) in [7, 11) is -0.219. The monoisotopic (exact) mass is 262 g/mol. The van der Waals surface area contributed by atoms with Gasteiger partial charge in [0.25, 0.3) is 0 Å². The Balaban J connectivity index is 1.93. The van der Waals surface area contributed by atoms with Gasteiger partial charge in [0.15, 0.2) is 0 Å². The number of allylic oxidation sites excluding steroid dienone is 1. The first-order chi connectivity index (χ1) is 8.41. The van der Waals surface area contributed by atoms with Crippen molar-refractivity contribution in [2.75, 3.05) is 0 Å². The largest absolute Gasteiger partial charge is 0.495 e. The van der Waals surface area contributed by atoms with Crippen LogP contribution in [0, 0.1) is 0 Å². The van der Waals surface area contributed by atoms with Crippen molar-refractivity contribution < 1.29 is 9.31 Å². The second-order valence-electron chi connectivity index (χ2n) is 6.04. The molecule has 0 unspecified atom stereocenters. The van der Waals surface area contributed by atoms with Crippen molar-refractivity contribution in [2.45, 2.75) is 51.7 Å². The van der Waals surface area contributed by atoms with Crippen LogP contribution < -0.4 is 0 Å². The zero-order valence-corrected chi connectivity index (χ0v) is 12.3. The number of hydrogen-bond acceptors (Lipinski definition) is 3. The number of rotatable bonds is 1. The molecule has 0 atom stereocenters. The lowest BCUT2D eigenvalue weighted by Gasteiger charge is -2.32. The minimum Gasteiger partial charge on any atom is -0.399 e. The quantitative estimate of drug-likeness (QED) is 0.718. The molecule has 1 saturated heterocycles. The highest BCUT2D eigenvalue weighted by atomic mass is 32.1. The lowest BCUT2D eigenvalue weighted by atomic mass is 9.71. The van der Waals surface area contributed by atoms with Gasteiger partial charge in [0.1, 0.15) is 0 Å². The first-order valence-corrected chi connectivity index (χ1v) is 7.41. The molecule has 18 heavy (non-hydrogen) atoms. The molecule has 1 aromatic heterocycles. The van der Waals surface area contributed by atoms with Crippen molar-refractivity contribution in [3.8, 4) is 0 Å². The fourth-order valence-corrected chi connectivity index (χ4v) is 3.37. The van der Waals surface area contributed by atoms with Crippen LogP contribution in [0.25, 0.3) is 5.47 Å². The van der Waals surface area contributed by atoms with Crippen LogP contribution in [0.1, 0.15) is 44.6 Å². The van der Waals surface area contributed by atoms with Crippen LogP contribution in [0.2, 0.25) is 0 Å². The molecule has 0 amide bonds. The minimum absolute atomic E-state index is 0.219.